The number of rotatable bonds is 4. The second-order valence-electron chi connectivity index (χ2n) is 4.67. The average molecular weight is 340 g/mol. The first-order chi connectivity index (χ1) is 9.52. The monoisotopic (exact) mass is 339 g/mol. The second kappa shape index (κ2) is 6.46. The molecule has 20 heavy (non-hydrogen) atoms. The van der Waals surface area contributed by atoms with Gasteiger partial charge < -0.3 is 5.32 Å². The first-order valence-electron chi connectivity index (χ1n) is 6.47. The maximum Gasteiger partial charge on any atom is 0.131 e. The highest BCUT2D eigenvalue weighted by Gasteiger charge is 2.18. The van der Waals surface area contributed by atoms with Gasteiger partial charge in [0, 0.05) is 16.1 Å². The van der Waals surface area contributed by atoms with Crippen LogP contribution in [0.1, 0.15) is 29.7 Å². The maximum absolute atomic E-state index is 14.0. The molecule has 0 saturated heterocycles. The van der Waals surface area contributed by atoms with Crippen LogP contribution < -0.4 is 5.32 Å². The van der Waals surface area contributed by atoms with Crippen molar-refractivity contribution in [3.8, 4) is 0 Å². The quantitative estimate of drug-likeness (QED) is 0.848. The van der Waals surface area contributed by atoms with Crippen LogP contribution in [0.25, 0.3) is 0 Å². The summed E-state index contributed by atoms with van der Waals surface area (Å²) >= 11 is 3.49. The van der Waals surface area contributed by atoms with E-state index in [9.17, 15) is 8.78 Å². The molecule has 106 valence electrons. The van der Waals surface area contributed by atoms with Gasteiger partial charge >= 0.3 is 0 Å². The fourth-order valence-electron chi connectivity index (χ4n) is 2.14. The van der Waals surface area contributed by atoms with E-state index in [0.717, 1.165) is 21.7 Å². The number of nitrogens with one attached hydrogen (secondary N) is 1. The smallest absolute Gasteiger partial charge is 0.131 e. The van der Waals surface area contributed by atoms with Gasteiger partial charge in [-0.05, 0) is 36.7 Å². The summed E-state index contributed by atoms with van der Waals surface area (Å²) in [6, 6.07) is 9.30. The molecule has 0 spiro atoms. The first-order valence-corrected chi connectivity index (χ1v) is 7.26. The number of halogens is 3. The summed E-state index contributed by atoms with van der Waals surface area (Å²) in [5, 5.41) is 3.24. The minimum atomic E-state index is -0.563. The molecule has 2 aromatic rings. The van der Waals surface area contributed by atoms with Gasteiger partial charge in [-0.3, -0.25) is 0 Å². The summed E-state index contributed by atoms with van der Waals surface area (Å²) in [6.45, 7) is 4.64. The molecule has 2 rings (SSSR count). The van der Waals surface area contributed by atoms with Gasteiger partial charge in [0.15, 0.2) is 0 Å². The van der Waals surface area contributed by atoms with E-state index in [4.69, 9.17) is 0 Å². The minimum Gasteiger partial charge on any atom is -0.306 e. The molecule has 0 saturated carbocycles. The Labute approximate surface area is 126 Å². The molecule has 2 aromatic carbocycles. The average Bonchev–Trinajstić information content (AvgIpc) is 2.40. The molecule has 1 unspecified atom stereocenters. The Balaban J connectivity index is 2.47. The molecule has 0 heterocycles. The van der Waals surface area contributed by atoms with Gasteiger partial charge in [0.05, 0.1) is 6.04 Å². The van der Waals surface area contributed by atoms with Gasteiger partial charge in [0.2, 0.25) is 0 Å². The molecule has 0 aliphatic carbocycles. The predicted molar refractivity (Wildman–Crippen MR) is 80.8 cm³/mol. The molecule has 1 atom stereocenters. The Morgan fingerprint density at radius 2 is 1.90 bits per heavy atom. The van der Waals surface area contributed by atoms with Crippen molar-refractivity contribution < 1.29 is 8.78 Å². The zero-order valence-corrected chi connectivity index (χ0v) is 13.0. The molecule has 0 aliphatic rings. The molecular weight excluding hydrogens is 324 g/mol. The largest absolute Gasteiger partial charge is 0.306 e. The SMILES string of the molecule is CCNC(c1ccc(C)c(Br)c1)c1ccc(F)cc1F. The lowest BCUT2D eigenvalue weighted by Gasteiger charge is -2.20. The van der Waals surface area contributed by atoms with E-state index in [1.807, 2.05) is 32.0 Å². The molecule has 0 radical (unpaired) electrons. The normalized spacial score (nSPS) is 12.4. The lowest BCUT2D eigenvalue weighted by Crippen LogP contribution is -2.23. The van der Waals surface area contributed by atoms with Crippen LogP contribution in [-0.2, 0) is 0 Å². The van der Waals surface area contributed by atoms with Crippen LogP contribution >= 0.6 is 15.9 Å². The Bertz CT molecular complexity index is 613. The fraction of sp³-hybridized carbons (Fsp3) is 0.250. The Kier molecular flexibility index (Phi) is 4.89. The van der Waals surface area contributed by atoms with Crippen molar-refractivity contribution >= 4 is 15.9 Å². The highest BCUT2D eigenvalue weighted by molar-refractivity contribution is 9.10. The van der Waals surface area contributed by atoms with Gasteiger partial charge in [0.1, 0.15) is 11.6 Å². The zero-order valence-electron chi connectivity index (χ0n) is 11.4. The summed E-state index contributed by atoms with van der Waals surface area (Å²) in [4.78, 5) is 0. The third-order valence-corrected chi connectivity index (χ3v) is 4.07. The molecular formula is C16H16BrF2N. The third kappa shape index (κ3) is 3.25. The van der Waals surface area contributed by atoms with Gasteiger partial charge in [-0.25, -0.2) is 8.78 Å². The van der Waals surface area contributed by atoms with Crippen molar-refractivity contribution in [2.24, 2.45) is 0 Å². The van der Waals surface area contributed by atoms with Gasteiger partial charge in [-0.15, -0.1) is 0 Å². The molecule has 0 bridgehead atoms. The molecule has 0 aliphatic heterocycles. The Morgan fingerprint density at radius 1 is 1.15 bits per heavy atom. The predicted octanol–water partition coefficient (Wildman–Crippen LogP) is 4.73. The summed E-state index contributed by atoms with van der Waals surface area (Å²) in [6.07, 6.45) is 0. The van der Waals surface area contributed by atoms with E-state index < -0.39 is 11.6 Å². The van der Waals surface area contributed by atoms with Crippen molar-refractivity contribution in [2.45, 2.75) is 19.9 Å². The number of benzene rings is 2. The molecule has 0 amide bonds. The summed E-state index contributed by atoms with van der Waals surface area (Å²) in [5.41, 5.74) is 2.50. The van der Waals surface area contributed by atoms with Crippen molar-refractivity contribution in [1.29, 1.82) is 0 Å². The maximum atomic E-state index is 14.0. The standard InChI is InChI=1S/C16H16BrF2N/c1-3-20-16(11-5-4-10(2)14(17)8-11)13-7-6-12(18)9-15(13)19/h4-9,16,20H,3H2,1-2H3. The van der Waals surface area contributed by atoms with Gasteiger partial charge in [-0.2, -0.15) is 0 Å². The highest BCUT2D eigenvalue weighted by atomic mass is 79.9. The summed E-state index contributed by atoms with van der Waals surface area (Å²) < 4.78 is 28.0. The summed E-state index contributed by atoms with van der Waals surface area (Å²) in [5.74, 6) is -1.10. The van der Waals surface area contributed by atoms with Crippen LogP contribution in [0.2, 0.25) is 0 Å². The molecule has 0 fully saturated rings. The van der Waals surface area contributed by atoms with Crippen molar-refractivity contribution in [3.05, 3.63) is 69.2 Å². The highest BCUT2D eigenvalue weighted by Crippen LogP contribution is 2.28. The molecule has 1 N–H and O–H groups in total. The van der Waals surface area contributed by atoms with Crippen LogP contribution in [0.15, 0.2) is 40.9 Å². The topological polar surface area (TPSA) is 12.0 Å². The van der Waals surface area contributed by atoms with E-state index in [1.54, 1.807) is 0 Å². The number of aryl methyl sites for hydroxylation is 1. The zero-order chi connectivity index (χ0) is 14.7. The van der Waals surface area contributed by atoms with Crippen LogP contribution in [0.5, 0.6) is 0 Å². The van der Waals surface area contributed by atoms with Gasteiger partial charge in [-0.1, -0.05) is 41.1 Å². The second-order valence-corrected chi connectivity index (χ2v) is 5.52. The van der Waals surface area contributed by atoms with Crippen LogP contribution in [0.3, 0.4) is 0 Å². The summed E-state index contributed by atoms with van der Waals surface area (Å²) in [7, 11) is 0. The minimum absolute atomic E-state index is 0.294. The number of hydrogen-bond donors (Lipinski definition) is 1. The van der Waals surface area contributed by atoms with E-state index in [0.29, 0.717) is 12.1 Å². The van der Waals surface area contributed by atoms with Crippen LogP contribution in [-0.4, -0.2) is 6.54 Å². The van der Waals surface area contributed by atoms with E-state index in [2.05, 4.69) is 21.2 Å². The van der Waals surface area contributed by atoms with E-state index in [1.165, 1.54) is 12.1 Å². The molecule has 4 heteroatoms. The Morgan fingerprint density at radius 3 is 2.50 bits per heavy atom. The van der Waals surface area contributed by atoms with Crippen molar-refractivity contribution in [2.75, 3.05) is 6.54 Å². The fourth-order valence-corrected chi connectivity index (χ4v) is 2.53. The number of hydrogen-bond acceptors (Lipinski definition) is 1. The van der Waals surface area contributed by atoms with Gasteiger partial charge in [0.25, 0.3) is 0 Å². The third-order valence-electron chi connectivity index (χ3n) is 3.21. The lowest BCUT2D eigenvalue weighted by atomic mass is 9.97. The van der Waals surface area contributed by atoms with Crippen molar-refractivity contribution in [1.82, 2.24) is 5.32 Å². The first kappa shape index (κ1) is 15.1. The van der Waals surface area contributed by atoms with Crippen molar-refractivity contribution in [3.63, 3.8) is 0 Å². The molecule has 0 aromatic heterocycles. The van der Waals surface area contributed by atoms with Crippen LogP contribution in [0.4, 0.5) is 8.78 Å². The molecule has 1 nitrogen and oxygen atoms in total. The van der Waals surface area contributed by atoms with Crippen LogP contribution in [0, 0.1) is 18.6 Å². The van der Waals surface area contributed by atoms with E-state index >= 15 is 0 Å². The lowest BCUT2D eigenvalue weighted by molar-refractivity contribution is 0.541. The van der Waals surface area contributed by atoms with E-state index in [-0.39, 0.29) is 6.04 Å². The Hall–Kier alpha value is -1.26.